The summed E-state index contributed by atoms with van der Waals surface area (Å²) < 4.78 is 27.0. The van der Waals surface area contributed by atoms with Crippen LogP contribution in [0, 0.1) is 0 Å². The Balaban J connectivity index is 1.17. The van der Waals surface area contributed by atoms with E-state index in [1.807, 2.05) is 121 Å². The highest BCUT2D eigenvalue weighted by molar-refractivity contribution is 7.17. The van der Waals surface area contributed by atoms with Crippen molar-refractivity contribution < 1.29 is 48.0 Å². The molecule has 0 spiro atoms. The molecule has 17 heteroatoms. The first kappa shape index (κ1) is 51.6. The summed E-state index contributed by atoms with van der Waals surface area (Å²) in [7, 11) is 0. The molecule has 0 aliphatic carbocycles. The Morgan fingerprint density at radius 3 is 1.97 bits per heavy atom. The number of nitrogens with two attached hydrogens (primary N) is 1. The van der Waals surface area contributed by atoms with Gasteiger partial charge in [0.2, 0.25) is 17.7 Å². The Morgan fingerprint density at radius 1 is 0.716 bits per heavy atom. The van der Waals surface area contributed by atoms with Gasteiger partial charge < -0.3 is 56.4 Å². The lowest BCUT2D eigenvalue weighted by Gasteiger charge is -2.40. The number of hydrogen-bond donors (Lipinski definition) is 7. The number of thiophene rings is 1. The standard InChI is InChI=1S/C57H60N6O10S/c1-34(71-57(37-17-7-4-8-18-37,38-19-9-5-10-20-38)39-21-11-6-12-22-39)46-53(68)63-47-48(70-55-49(47)72-56(2,3)73-55)54(69)61-43(31-35-26-28-40(64)29-27-35)51(66)60-44(32-36-33-74-45-25-14-13-23-41(36)45)52(67)59-42(50(65)62-46)24-15-16-30-58/h4-14,17-23,25-29,32-34,42-43,46-49,55,64H,15-16,24,30-31,58H2,1-3H3,(H,59,67)(H,60,66)(H,61,69)(H,62,65)(H,63,68)/b44-32+/t34?,42?,43?,46?,47?,48-,49?,55?/m0/s1. The molecule has 4 heterocycles. The van der Waals surface area contributed by atoms with Crippen LogP contribution in [0.15, 0.2) is 151 Å². The van der Waals surface area contributed by atoms with Gasteiger partial charge in [0.05, 0.1) is 12.1 Å². The number of hydrogen-bond acceptors (Lipinski definition) is 12. The van der Waals surface area contributed by atoms with Crippen LogP contribution in [-0.4, -0.2) is 95.7 Å². The Morgan fingerprint density at radius 2 is 1.34 bits per heavy atom. The number of carbonyl (C=O) groups is 5. The predicted octanol–water partition coefficient (Wildman–Crippen LogP) is 5.66. The van der Waals surface area contributed by atoms with Crippen LogP contribution in [-0.2, 0) is 54.9 Å². The lowest BCUT2D eigenvalue weighted by Crippen LogP contribution is -2.63. The van der Waals surface area contributed by atoms with Crippen LogP contribution < -0.4 is 32.3 Å². The quantitative estimate of drug-likeness (QED) is 0.0424. The minimum absolute atomic E-state index is 0.00789. The van der Waals surface area contributed by atoms with Gasteiger partial charge in [0.15, 0.2) is 18.2 Å². The maximum absolute atomic E-state index is 15.5. The number of phenolic OH excluding ortho intramolecular Hbond substituents is 1. The number of unbranched alkanes of at least 4 members (excludes halogenated alkanes) is 1. The highest BCUT2D eigenvalue weighted by atomic mass is 32.1. The van der Waals surface area contributed by atoms with Gasteiger partial charge in [-0.2, -0.15) is 0 Å². The van der Waals surface area contributed by atoms with Crippen molar-refractivity contribution in [3.8, 4) is 5.75 Å². The first-order chi connectivity index (χ1) is 35.7. The number of phenols is 1. The second kappa shape index (κ2) is 22.5. The smallest absolute Gasteiger partial charge is 0.268 e. The van der Waals surface area contributed by atoms with Crippen molar-refractivity contribution in [3.05, 3.63) is 178 Å². The van der Waals surface area contributed by atoms with Crippen LogP contribution in [0.4, 0.5) is 0 Å². The first-order valence-corrected chi connectivity index (χ1v) is 25.6. The summed E-state index contributed by atoms with van der Waals surface area (Å²) in [6.45, 7) is 5.35. The highest BCUT2D eigenvalue weighted by Gasteiger charge is 2.58. The van der Waals surface area contributed by atoms with Gasteiger partial charge in [-0.25, -0.2) is 0 Å². The number of amides is 5. The van der Waals surface area contributed by atoms with E-state index in [-0.39, 0.29) is 24.3 Å². The van der Waals surface area contributed by atoms with Crippen molar-refractivity contribution in [2.75, 3.05) is 6.54 Å². The van der Waals surface area contributed by atoms with E-state index in [0.717, 1.165) is 26.8 Å². The fourth-order valence-electron chi connectivity index (χ4n) is 9.84. The second-order valence-corrected chi connectivity index (χ2v) is 20.0. The molecule has 8 N–H and O–H groups in total. The zero-order valence-electron chi connectivity index (χ0n) is 41.2. The summed E-state index contributed by atoms with van der Waals surface area (Å²) in [5.41, 5.74) is 7.76. The summed E-state index contributed by atoms with van der Waals surface area (Å²) in [6.07, 6.45) is -2.37. The molecule has 6 aromatic rings. The molecule has 1 aromatic heterocycles. The molecule has 74 heavy (non-hydrogen) atoms. The molecule has 9 rings (SSSR count). The summed E-state index contributed by atoms with van der Waals surface area (Å²) in [5.74, 6) is -5.08. The van der Waals surface area contributed by atoms with Crippen LogP contribution in [0.2, 0.25) is 0 Å². The van der Waals surface area contributed by atoms with Gasteiger partial charge in [-0.3, -0.25) is 24.0 Å². The zero-order chi connectivity index (χ0) is 52.0. The molecular formula is C57H60N6O10S. The molecule has 8 atom stereocenters. The molecule has 3 fully saturated rings. The summed E-state index contributed by atoms with van der Waals surface area (Å²) in [6, 6.07) is 37.0. The van der Waals surface area contributed by atoms with Crippen molar-refractivity contribution in [2.24, 2.45) is 5.73 Å². The number of nitrogens with one attached hydrogen (secondary N) is 5. The molecule has 16 nitrogen and oxygen atoms in total. The highest BCUT2D eigenvalue weighted by Crippen LogP contribution is 2.42. The minimum Gasteiger partial charge on any atom is -0.508 e. The summed E-state index contributed by atoms with van der Waals surface area (Å²) in [5, 5.41) is 27.2. The topological polar surface area (TPSA) is 229 Å². The first-order valence-electron chi connectivity index (χ1n) is 24.8. The Bertz CT molecular complexity index is 2890. The van der Waals surface area contributed by atoms with Crippen molar-refractivity contribution in [2.45, 2.75) is 107 Å². The molecule has 3 aliphatic heterocycles. The van der Waals surface area contributed by atoms with Gasteiger partial charge in [-0.15, -0.1) is 11.3 Å². The van der Waals surface area contributed by atoms with E-state index in [4.69, 9.17) is 24.7 Å². The van der Waals surface area contributed by atoms with Crippen LogP contribution in [0.25, 0.3) is 16.2 Å². The maximum atomic E-state index is 15.5. The predicted molar refractivity (Wildman–Crippen MR) is 279 cm³/mol. The van der Waals surface area contributed by atoms with Crippen LogP contribution >= 0.6 is 11.3 Å². The largest absolute Gasteiger partial charge is 0.508 e. The van der Waals surface area contributed by atoms with Crippen LogP contribution in [0.1, 0.15) is 67.9 Å². The number of rotatable bonds is 13. The monoisotopic (exact) mass is 1020 g/mol. The van der Waals surface area contributed by atoms with Crippen LogP contribution in [0.5, 0.6) is 5.75 Å². The molecule has 0 radical (unpaired) electrons. The van der Waals surface area contributed by atoms with E-state index in [2.05, 4.69) is 26.6 Å². The third-order valence-corrected chi connectivity index (χ3v) is 14.4. The fourth-order valence-corrected chi connectivity index (χ4v) is 10.8. The van der Waals surface area contributed by atoms with Gasteiger partial charge in [-0.05, 0) is 109 Å². The number of aromatic hydroxyl groups is 1. The molecular weight excluding hydrogens is 961 g/mol. The van der Waals surface area contributed by atoms with E-state index >= 15 is 9.59 Å². The third-order valence-electron chi connectivity index (χ3n) is 13.5. The normalized spacial score (nSPS) is 24.5. The maximum Gasteiger partial charge on any atom is 0.268 e. The van der Waals surface area contributed by atoms with Crippen molar-refractivity contribution in [3.63, 3.8) is 0 Å². The van der Waals surface area contributed by atoms with Crippen LogP contribution in [0.3, 0.4) is 0 Å². The zero-order valence-corrected chi connectivity index (χ0v) is 42.0. The third kappa shape index (κ3) is 11.3. The number of carbonyl (C=O) groups excluding carboxylic acids is 5. The van der Waals surface area contributed by atoms with E-state index < -0.39 is 89.7 Å². The average Bonchev–Trinajstić information content (AvgIpc) is 4.07. The van der Waals surface area contributed by atoms with E-state index in [1.165, 1.54) is 29.5 Å². The fraction of sp³-hybridized carbons (Fsp3) is 0.316. The molecule has 384 valence electrons. The number of fused-ring (bicyclic) bond motifs is 4. The molecule has 5 amide bonds. The van der Waals surface area contributed by atoms with Gasteiger partial charge in [-0.1, -0.05) is 121 Å². The van der Waals surface area contributed by atoms with Crippen molar-refractivity contribution in [1.29, 1.82) is 0 Å². The van der Waals surface area contributed by atoms with E-state index in [9.17, 15) is 19.5 Å². The van der Waals surface area contributed by atoms with E-state index in [1.54, 1.807) is 32.9 Å². The second-order valence-electron chi connectivity index (χ2n) is 19.1. The number of benzene rings is 5. The lowest BCUT2D eigenvalue weighted by molar-refractivity contribution is -0.208. The molecule has 3 aliphatic rings. The molecule has 7 unspecified atom stereocenters. The van der Waals surface area contributed by atoms with Gasteiger partial charge in [0.1, 0.15) is 41.3 Å². The Hall–Kier alpha value is -7.25. The van der Waals surface area contributed by atoms with Gasteiger partial charge in [0, 0.05) is 11.1 Å². The van der Waals surface area contributed by atoms with Crippen molar-refractivity contribution >= 4 is 57.0 Å². The number of ether oxygens (including phenoxy) is 4. The Kier molecular flexibility index (Phi) is 15.7. The average molecular weight is 1020 g/mol. The van der Waals surface area contributed by atoms with Crippen molar-refractivity contribution in [1.82, 2.24) is 26.6 Å². The summed E-state index contributed by atoms with van der Waals surface area (Å²) >= 11 is 1.45. The SMILES string of the molecule is CC(OC(c1ccccc1)(c1ccccc1)c1ccccc1)C1NC(=O)C(CCCCN)NC(=O)/C(=C\c2csc3ccccc23)NC(=O)C(Cc2ccc(O)cc2)NC(=O)[C@H]2OC3OC(C)(C)OC3C2NC1=O. The molecule has 3 saturated heterocycles. The summed E-state index contributed by atoms with van der Waals surface area (Å²) in [4.78, 5) is 75.0. The van der Waals surface area contributed by atoms with E-state index in [0.29, 0.717) is 30.5 Å². The minimum atomic E-state index is -1.51. The molecule has 0 bridgehead atoms. The van der Waals surface area contributed by atoms with Gasteiger partial charge in [0.25, 0.3) is 11.8 Å². The molecule has 5 aromatic carbocycles. The Labute approximate surface area is 433 Å². The van der Waals surface area contributed by atoms with Gasteiger partial charge >= 0.3 is 0 Å². The lowest BCUT2D eigenvalue weighted by atomic mass is 9.79. The molecule has 0 saturated carbocycles.